The van der Waals surface area contributed by atoms with Crippen molar-refractivity contribution >= 4 is 29.4 Å². The summed E-state index contributed by atoms with van der Waals surface area (Å²) < 4.78 is 11.9. The maximum atomic E-state index is 14.2. The molecule has 0 unspecified atom stereocenters. The zero-order chi connectivity index (χ0) is 39.3. The van der Waals surface area contributed by atoms with Gasteiger partial charge in [-0.25, -0.2) is 0 Å². The van der Waals surface area contributed by atoms with Crippen LogP contribution in [0.5, 0.6) is 0 Å². The Kier molecular flexibility index (Phi) is 17.9. The molecule has 294 valence electrons. The Morgan fingerprint density at radius 3 is 2.12 bits per heavy atom. The third kappa shape index (κ3) is 11.6. The molecule has 52 heavy (non-hydrogen) atoms. The number of rotatable bonds is 21. The number of likely N-dealkylation sites (N-methyl/N-ethyl adjacent to an activating group) is 3. The van der Waals surface area contributed by atoms with Crippen LogP contribution in [0.1, 0.15) is 86.1 Å². The first-order valence-electron chi connectivity index (χ1n) is 18.9. The van der Waals surface area contributed by atoms with Crippen molar-refractivity contribution in [1.29, 1.82) is 0 Å². The van der Waals surface area contributed by atoms with Gasteiger partial charge in [-0.1, -0.05) is 71.4 Å². The fourth-order valence-electron chi connectivity index (χ4n) is 7.31. The van der Waals surface area contributed by atoms with Gasteiger partial charge in [0.05, 0.1) is 42.2 Å². The van der Waals surface area contributed by atoms with E-state index in [0.29, 0.717) is 19.4 Å². The Balaban J connectivity index is 2.28. The van der Waals surface area contributed by atoms with Crippen molar-refractivity contribution in [3.05, 3.63) is 35.9 Å². The van der Waals surface area contributed by atoms with E-state index in [9.17, 15) is 24.0 Å². The summed E-state index contributed by atoms with van der Waals surface area (Å²) in [5.74, 6) is -2.22. The van der Waals surface area contributed by atoms with Crippen LogP contribution in [0.4, 0.5) is 0 Å². The molecule has 0 radical (unpaired) electrons. The molecule has 1 fully saturated rings. The maximum absolute atomic E-state index is 14.2. The van der Waals surface area contributed by atoms with Crippen LogP contribution in [0.25, 0.3) is 0 Å². The normalized spacial score (nSPS) is 18.9. The fourth-order valence-corrected chi connectivity index (χ4v) is 7.31. The molecule has 2 rings (SSSR count). The van der Waals surface area contributed by atoms with Gasteiger partial charge in [0.25, 0.3) is 0 Å². The number of methoxy groups -OCH3 is 2. The third-order valence-electron chi connectivity index (χ3n) is 11.3. The predicted octanol–water partition coefficient (Wildman–Crippen LogP) is 3.61. The molecule has 1 aliphatic rings. The van der Waals surface area contributed by atoms with Crippen molar-refractivity contribution in [2.45, 2.75) is 123 Å². The molecule has 0 aliphatic carbocycles. The maximum Gasteiger partial charge on any atom is 0.242 e. The molecule has 0 bridgehead atoms. The summed E-state index contributed by atoms with van der Waals surface area (Å²) in [4.78, 5) is 71.4. The van der Waals surface area contributed by atoms with Gasteiger partial charge in [0.2, 0.25) is 23.6 Å². The lowest BCUT2D eigenvalue weighted by atomic mass is 9.83. The number of benzene rings is 1. The zero-order valence-electron chi connectivity index (χ0n) is 33.8. The average molecular weight is 730 g/mol. The third-order valence-corrected chi connectivity index (χ3v) is 11.3. The largest absolute Gasteiger partial charge is 0.379 e. The van der Waals surface area contributed by atoms with Crippen LogP contribution in [0.2, 0.25) is 0 Å². The van der Waals surface area contributed by atoms with Gasteiger partial charge in [-0.15, -0.1) is 0 Å². The van der Waals surface area contributed by atoms with E-state index in [-0.39, 0.29) is 60.1 Å². The smallest absolute Gasteiger partial charge is 0.242 e. The van der Waals surface area contributed by atoms with Gasteiger partial charge in [0, 0.05) is 53.6 Å². The predicted molar refractivity (Wildman–Crippen MR) is 203 cm³/mol. The standard InChI is InChI=1S/C40H67N5O7/c1-13-26(4)35(44(10)39(50)29(25(2)3)23-33(46)40(6,7)42-9)32(51-11)24-34(47)45-21-17-20-31(45)36(52-12)27(5)37(48)43-30(38(49)41-8)22-28-18-15-14-16-19-28/h14-16,18-19,25-27,29-32,35-36,42H,13,17,20-24H2,1-12H3,(H,41,49)(H,43,48)/t26-,27+,29-,30-,31-,32+,35-,36+/m0/s1. The van der Waals surface area contributed by atoms with Crippen LogP contribution in [-0.4, -0.2) is 117 Å². The number of Topliss-reactive ketones (excluding diaryl/α,β-unsaturated/α-hetero) is 1. The molecule has 12 heteroatoms. The molecule has 1 aliphatic heterocycles. The highest BCUT2D eigenvalue weighted by Crippen LogP contribution is 2.31. The van der Waals surface area contributed by atoms with Gasteiger partial charge in [-0.3, -0.25) is 24.0 Å². The molecule has 1 heterocycles. The van der Waals surface area contributed by atoms with Crippen molar-refractivity contribution in [2.24, 2.45) is 23.7 Å². The number of carbonyl (C=O) groups is 5. The minimum Gasteiger partial charge on any atom is -0.379 e. The van der Waals surface area contributed by atoms with Gasteiger partial charge < -0.3 is 35.2 Å². The fraction of sp³-hybridized carbons (Fsp3) is 0.725. The molecular weight excluding hydrogens is 662 g/mol. The lowest BCUT2D eigenvalue weighted by Crippen LogP contribution is -2.55. The highest BCUT2D eigenvalue weighted by atomic mass is 16.5. The van der Waals surface area contributed by atoms with Crippen molar-refractivity contribution in [3.63, 3.8) is 0 Å². The quantitative estimate of drug-likeness (QED) is 0.174. The van der Waals surface area contributed by atoms with Crippen molar-refractivity contribution < 1.29 is 33.4 Å². The van der Waals surface area contributed by atoms with E-state index in [0.717, 1.165) is 18.4 Å². The molecule has 1 aromatic rings. The number of hydrogen-bond acceptors (Lipinski definition) is 8. The summed E-state index contributed by atoms with van der Waals surface area (Å²) in [6.07, 6.45) is 1.40. The Morgan fingerprint density at radius 2 is 1.60 bits per heavy atom. The molecule has 0 spiro atoms. The second kappa shape index (κ2) is 20.8. The highest BCUT2D eigenvalue weighted by Gasteiger charge is 2.43. The van der Waals surface area contributed by atoms with E-state index in [4.69, 9.17) is 9.47 Å². The summed E-state index contributed by atoms with van der Waals surface area (Å²) in [5, 5.41) is 8.61. The Bertz CT molecular complexity index is 1320. The van der Waals surface area contributed by atoms with Gasteiger partial charge in [-0.05, 0) is 51.1 Å². The molecular formula is C40H67N5O7. The van der Waals surface area contributed by atoms with Gasteiger partial charge >= 0.3 is 0 Å². The summed E-state index contributed by atoms with van der Waals surface area (Å²) >= 11 is 0. The van der Waals surface area contributed by atoms with E-state index < -0.39 is 41.7 Å². The van der Waals surface area contributed by atoms with Crippen LogP contribution >= 0.6 is 0 Å². The lowest BCUT2D eigenvalue weighted by molar-refractivity contribution is -0.149. The van der Waals surface area contributed by atoms with Crippen LogP contribution in [0.15, 0.2) is 30.3 Å². The van der Waals surface area contributed by atoms with Crippen molar-refractivity contribution in [3.8, 4) is 0 Å². The molecule has 3 N–H and O–H groups in total. The van der Waals surface area contributed by atoms with Crippen LogP contribution in [-0.2, 0) is 39.9 Å². The topological polar surface area (TPSA) is 146 Å². The van der Waals surface area contributed by atoms with E-state index in [1.165, 1.54) is 7.05 Å². The summed E-state index contributed by atoms with van der Waals surface area (Å²) in [5.41, 5.74) is 0.156. The van der Waals surface area contributed by atoms with Crippen LogP contribution < -0.4 is 16.0 Å². The number of nitrogens with zero attached hydrogens (tertiary/aromatic N) is 2. The monoisotopic (exact) mass is 730 g/mol. The Hall–Kier alpha value is -3.35. The molecule has 0 aromatic heterocycles. The lowest BCUT2D eigenvalue weighted by Gasteiger charge is -2.41. The van der Waals surface area contributed by atoms with Crippen molar-refractivity contribution in [1.82, 2.24) is 25.8 Å². The number of ether oxygens (including phenoxy) is 2. The van der Waals surface area contributed by atoms with E-state index in [1.807, 2.05) is 71.9 Å². The number of nitrogens with one attached hydrogen (secondary N) is 3. The van der Waals surface area contributed by atoms with Gasteiger partial charge in [0.15, 0.2) is 5.78 Å². The number of amides is 4. The first-order valence-corrected chi connectivity index (χ1v) is 18.9. The zero-order valence-corrected chi connectivity index (χ0v) is 33.8. The minimum absolute atomic E-state index is 0.00191. The summed E-state index contributed by atoms with van der Waals surface area (Å²) in [6.45, 7) is 13.9. The number of hydrogen-bond donors (Lipinski definition) is 3. The number of carbonyl (C=O) groups excluding carboxylic acids is 5. The average Bonchev–Trinajstić information content (AvgIpc) is 3.62. The van der Waals surface area contributed by atoms with Crippen LogP contribution in [0, 0.1) is 23.7 Å². The molecule has 1 saturated heterocycles. The molecule has 0 saturated carbocycles. The molecule has 4 amide bonds. The molecule has 12 nitrogen and oxygen atoms in total. The Morgan fingerprint density at radius 1 is 0.962 bits per heavy atom. The number of likely N-dealkylation sites (tertiary alicyclic amines) is 1. The second-order valence-electron chi connectivity index (χ2n) is 15.3. The first-order chi connectivity index (χ1) is 24.5. The Labute approximate surface area is 312 Å². The molecule has 1 aromatic carbocycles. The van der Waals surface area contributed by atoms with E-state index in [1.54, 1.807) is 45.0 Å². The molecule has 8 atom stereocenters. The van der Waals surface area contributed by atoms with E-state index in [2.05, 4.69) is 16.0 Å². The van der Waals surface area contributed by atoms with E-state index >= 15 is 0 Å². The van der Waals surface area contributed by atoms with Crippen molar-refractivity contribution in [2.75, 3.05) is 41.9 Å². The highest BCUT2D eigenvalue weighted by molar-refractivity contribution is 5.92. The summed E-state index contributed by atoms with van der Waals surface area (Å²) in [7, 11) is 8.14. The number of ketones is 1. The SMILES string of the molecule is CC[C@H](C)[C@@H]([C@@H](CC(=O)N1CCC[C@H]1[C@H](OC)[C@@H](C)C(=O)N[C@@H](Cc1ccccc1)C(=O)NC)OC)N(C)C(=O)[C@@H](CC(=O)C(C)(C)NC)C(C)C. The van der Waals surface area contributed by atoms with Gasteiger partial charge in [0.1, 0.15) is 6.04 Å². The van der Waals surface area contributed by atoms with Crippen LogP contribution in [0.3, 0.4) is 0 Å². The van der Waals surface area contributed by atoms with Gasteiger partial charge in [-0.2, -0.15) is 0 Å². The minimum atomic E-state index is -0.774. The second-order valence-corrected chi connectivity index (χ2v) is 15.3. The first kappa shape index (κ1) is 44.8. The summed E-state index contributed by atoms with van der Waals surface area (Å²) in [6, 6.07) is 7.94.